The monoisotopic (exact) mass is 335 g/mol. The first-order chi connectivity index (χ1) is 11.7. The van der Waals surface area contributed by atoms with E-state index in [0.717, 1.165) is 11.1 Å². The minimum absolute atomic E-state index is 0.226. The number of amides is 2. The van der Waals surface area contributed by atoms with Gasteiger partial charge in [-0.2, -0.15) is 0 Å². The standard InChI is InChI=1S/C20H17NO2S/c1-2-13-21-19(22)17(16-11-7-4-8-12-16)18(20(21)23)24-14-15-9-5-3-6-10-15/h2-12H,1,13-14H2. The molecule has 0 saturated heterocycles. The molecule has 3 nitrogen and oxygen atoms in total. The predicted molar refractivity (Wildman–Crippen MR) is 98.0 cm³/mol. The number of rotatable bonds is 6. The van der Waals surface area contributed by atoms with Crippen molar-refractivity contribution in [1.29, 1.82) is 0 Å². The van der Waals surface area contributed by atoms with Gasteiger partial charge in [0.25, 0.3) is 11.8 Å². The topological polar surface area (TPSA) is 37.4 Å². The average Bonchev–Trinajstić information content (AvgIpc) is 2.86. The molecule has 4 heteroatoms. The molecule has 0 saturated carbocycles. The Hall–Kier alpha value is -2.59. The Morgan fingerprint density at radius 1 is 0.917 bits per heavy atom. The van der Waals surface area contributed by atoms with Crippen LogP contribution in [0.4, 0.5) is 0 Å². The van der Waals surface area contributed by atoms with Gasteiger partial charge in [0.15, 0.2) is 0 Å². The van der Waals surface area contributed by atoms with Crippen molar-refractivity contribution >= 4 is 29.1 Å². The lowest BCUT2D eigenvalue weighted by Crippen LogP contribution is -2.31. The smallest absolute Gasteiger partial charge is 0.268 e. The van der Waals surface area contributed by atoms with E-state index >= 15 is 0 Å². The maximum Gasteiger partial charge on any atom is 0.268 e. The lowest BCUT2D eigenvalue weighted by Gasteiger charge is -2.11. The third-order valence-electron chi connectivity index (χ3n) is 3.73. The molecule has 0 unspecified atom stereocenters. The Labute approximate surface area is 145 Å². The molecule has 0 N–H and O–H groups in total. The summed E-state index contributed by atoms with van der Waals surface area (Å²) in [5.41, 5.74) is 2.38. The summed E-state index contributed by atoms with van der Waals surface area (Å²) in [6, 6.07) is 19.3. The number of nitrogens with zero attached hydrogens (tertiary/aromatic N) is 1. The highest BCUT2D eigenvalue weighted by atomic mass is 32.2. The van der Waals surface area contributed by atoms with Crippen molar-refractivity contribution in [3.8, 4) is 0 Å². The molecule has 0 spiro atoms. The highest BCUT2D eigenvalue weighted by molar-refractivity contribution is 8.03. The molecule has 0 aromatic heterocycles. The van der Waals surface area contributed by atoms with E-state index < -0.39 is 0 Å². The summed E-state index contributed by atoms with van der Waals surface area (Å²) in [7, 11) is 0. The van der Waals surface area contributed by atoms with Crippen molar-refractivity contribution in [3.63, 3.8) is 0 Å². The van der Waals surface area contributed by atoms with E-state index in [2.05, 4.69) is 6.58 Å². The van der Waals surface area contributed by atoms with Crippen molar-refractivity contribution in [1.82, 2.24) is 4.90 Å². The van der Waals surface area contributed by atoms with E-state index in [1.54, 1.807) is 6.08 Å². The highest BCUT2D eigenvalue weighted by Crippen LogP contribution is 2.37. The summed E-state index contributed by atoms with van der Waals surface area (Å²) < 4.78 is 0. The molecule has 0 bridgehead atoms. The molecule has 2 aromatic rings. The molecular weight excluding hydrogens is 318 g/mol. The first-order valence-electron chi connectivity index (χ1n) is 7.66. The molecule has 3 rings (SSSR count). The van der Waals surface area contributed by atoms with Gasteiger partial charge < -0.3 is 0 Å². The van der Waals surface area contributed by atoms with Crippen LogP contribution in [-0.2, 0) is 15.3 Å². The van der Waals surface area contributed by atoms with Crippen LogP contribution in [0.5, 0.6) is 0 Å². The van der Waals surface area contributed by atoms with Crippen LogP contribution in [0.15, 0.2) is 78.2 Å². The predicted octanol–water partition coefficient (Wildman–Crippen LogP) is 3.89. The van der Waals surface area contributed by atoms with Crippen LogP contribution < -0.4 is 0 Å². The van der Waals surface area contributed by atoms with E-state index in [1.165, 1.54) is 16.7 Å². The molecule has 1 aliphatic heterocycles. The van der Waals surface area contributed by atoms with Gasteiger partial charge in [-0.3, -0.25) is 14.5 Å². The first kappa shape index (κ1) is 16.3. The Bertz CT molecular complexity index is 797. The van der Waals surface area contributed by atoms with Gasteiger partial charge in [0, 0.05) is 12.3 Å². The Morgan fingerprint density at radius 3 is 2.17 bits per heavy atom. The summed E-state index contributed by atoms with van der Waals surface area (Å²) in [5, 5.41) is 0. The summed E-state index contributed by atoms with van der Waals surface area (Å²) in [6.45, 7) is 3.86. The molecule has 0 fully saturated rings. The van der Waals surface area contributed by atoms with Gasteiger partial charge in [-0.05, 0) is 11.1 Å². The van der Waals surface area contributed by atoms with Gasteiger partial charge in [0.2, 0.25) is 0 Å². The van der Waals surface area contributed by atoms with Crippen molar-refractivity contribution in [2.45, 2.75) is 5.75 Å². The van der Waals surface area contributed by atoms with Crippen molar-refractivity contribution in [2.75, 3.05) is 6.54 Å². The number of imide groups is 1. The minimum Gasteiger partial charge on any atom is -0.270 e. The summed E-state index contributed by atoms with van der Waals surface area (Å²) >= 11 is 1.41. The fourth-order valence-corrected chi connectivity index (χ4v) is 3.66. The molecule has 0 aliphatic carbocycles. The number of hydrogen-bond donors (Lipinski definition) is 0. The second-order valence-electron chi connectivity index (χ2n) is 5.35. The van der Waals surface area contributed by atoms with Gasteiger partial charge in [-0.25, -0.2) is 0 Å². The first-order valence-corrected chi connectivity index (χ1v) is 8.64. The van der Waals surface area contributed by atoms with Gasteiger partial charge in [0.1, 0.15) is 0 Å². The quantitative estimate of drug-likeness (QED) is 0.594. The van der Waals surface area contributed by atoms with Crippen LogP contribution in [-0.4, -0.2) is 23.3 Å². The van der Waals surface area contributed by atoms with E-state index in [9.17, 15) is 9.59 Å². The van der Waals surface area contributed by atoms with Gasteiger partial charge >= 0.3 is 0 Å². The van der Waals surface area contributed by atoms with Crippen molar-refractivity contribution < 1.29 is 9.59 Å². The van der Waals surface area contributed by atoms with E-state index in [-0.39, 0.29) is 18.4 Å². The second-order valence-corrected chi connectivity index (χ2v) is 6.34. The lowest BCUT2D eigenvalue weighted by atomic mass is 10.1. The number of benzene rings is 2. The fourth-order valence-electron chi connectivity index (χ4n) is 2.57. The number of hydrogen-bond acceptors (Lipinski definition) is 3. The number of carbonyl (C=O) groups is 2. The van der Waals surface area contributed by atoms with E-state index in [0.29, 0.717) is 16.2 Å². The fraction of sp³-hybridized carbons (Fsp3) is 0.100. The molecule has 2 aromatic carbocycles. The van der Waals surface area contributed by atoms with Crippen LogP contribution in [0.1, 0.15) is 11.1 Å². The molecule has 0 radical (unpaired) electrons. The molecule has 1 heterocycles. The van der Waals surface area contributed by atoms with Crippen LogP contribution in [0.25, 0.3) is 5.57 Å². The van der Waals surface area contributed by atoms with Crippen LogP contribution in [0, 0.1) is 0 Å². The zero-order valence-corrected chi connectivity index (χ0v) is 14.0. The van der Waals surface area contributed by atoms with E-state index in [1.807, 2.05) is 60.7 Å². The third kappa shape index (κ3) is 3.19. The number of thioether (sulfide) groups is 1. The molecule has 0 atom stereocenters. The number of carbonyl (C=O) groups excluding carboxylic acids is 2. The Balaban J connectivity index is 1.95. The summed E-state index contributed by atoms with van der Waals surface area (Å²) in [4.78, 5) is 27.2. The third-order valence-corrected chi connectivity index (χ3v) is 4.87. The zero-order valence-electron chi connectivity index (χ0n) is 13.1. The molecular formula is C20H17NO2S. The van der Waals surface area contributed by atoms with Gasteiger partial charge in [-0.15, -0.1) is 18.3 Å². The molecule has 2 amide bonds. The molecule has 120 valence electrons. The van der Waals surface area contributed by atoms with E-state index in [4.69, 9.17) is 0 Å². The van der Waals surface area contributed by atoms with Crippen molar-refractivity contribution in [2.24, 2.45) is 0 Å². The normalized spacial score (nSPS) is 14.4. The van der Waals surface area contributed by atoms with Crippen LogP contribution in [0.2, 0.25) is 0 Å². The van der Waals surface area contributed by atoms with Crippen molar-refractivity contribution in [3.05, 3.63) is 89.4 Å². The second kappa shape index (κ2) is 7.32. The molecule has 1 aliphatic rings. The van der Waals surface area contributed by atoms with Gasteiger partial charge in [0.05, 0.1) is 10.5 Å². The highest BCUT2D eigenvalue weighted by Gasteiger charge is 2.38. The van der Waals surface area contributed by atoms with Gasteiger partial charge in [-0.1, -0.05) is 66.7 Å². The van der Waals surface area contributed by atoms with Crippen LogP contribution >= 0.6 is 11.8 Å². The largest absolute Gasteiger partial charge is 0.270 e. The summed E-state index contributed by atoms with van der Waals surface area (Å²) in [6.07, 6.45) is 1.57. The molecule has 24 heavy (non-hydrogen) atoms. The lowest BCUT2D eigenvalue weighted by molar-refractivity contribution is -0.135. The maximum absolute atomic E-state index is 12.7. The van der Waals surface area contributed by atoms with Crippen LogP contribution in [0.3, 0.4) is 0 Å². The average molecular weight is 335 g/mol. The SMILES string of the molecule is C=CCN1C(=O)C(SCc2ccccc2)=C(c2ccccc2)C1=O. The minimum atomic E-state index is -0.248. The maximum atomic E-state index is 12.7. The zero-order chi connectivity index (χ0) is 16.9. The Morgan fingerprint density at radius 2 is 1.54 bits per heavy atom. The Kier molecular flexibility index (Phi) is 4.96. The summed E-state index contributed by atoms with van der Waals surface area (Å²) in [5.74, 6) is 0.161.